The molecule has 2 amide bonds. The largest absolute Gasteiger partial charge is 0.395 e. The third-order valence-electron chi connectivity index (χ3n) is 4.19. The van der Waals surface area contributed by atoms with Gasteiger partial charge in [-0.15, -0.1) is 11.3 Å². The highest BCUT2D eigenvalue weighted by molar-refractivity contribution is 7.11. The van der Waals surface area contributed by atoms with Crippen LogP contribution in [0.1, 0.15) is 27.3 Å². The van der Waals surface area contributed by atoms with Crippen molar-refractivity contribution >= 4 is 23.1 Å². The molecular formula is C18H22N2O2S. The molecule has 4 nitrogen and oxygen atoms in total. The first-order valence-electron chi connectivity index (χ1n) is 8.00. The minimum Gasteiger partial charge on any atom is -0.395 e. The van der Waals surface area contributed by atoms with E-state index in [1.54, 1.807) is 16.2 Å². The number of aryl methyl sites for hydroxylation is 2. The van der Waals surface area contributed by atoms with Crippen LogP contribution in [-0.4, -0.2) is 29.2 Å². The van der Waals surface area contributed by atoms with Crippen LogP contribution < -0.4 is 5.32 Å². The number of rotatable bonds is 5. The first-order chi connectivity index (χ1) is 11.2. The highest BCUT2D eigenvalue weighted by Crippen LogP contribution is 2.29. The predicted molar refractivity (Wildman–Crippen MR) is 94.0 cm³/mol. The van der Waals surface area contributed by atoms with Gasteiger partial charge >= 0.3 is 6.03 Å². The van der Waals surface area contributed by atoms with E-state index >= 15 is 0 Å². The Labute approximate surface area is 140 Å². The van der Waals surface area contributed by atoms with Gasteiger partial charge in [-0.1, -0.05) is 12.1 Å². The highest BCUT2D eigenvalue weighted by atomic mass is 32.1. The Morgan fingerprint density at radius 3 is 2.91 bits per heavy atom. The fourth-order valence-corrected chi connectivity index (χ4v) is 3.97. The van der Waals surface area contributed by atoms with E-state index in [-0.39, 0.29) is 12.6 Å². The number of carbonyl (C=O) groups excluding carboxylic acids is 1. The van der Waals surface area contributed by atoms with Crippen LogP contribution >= 0.6 is 11.3 Å². The van der Waals surface area contributed by atoms with Crippen molar-refractivity contribution in [3.8, 4) is 0 Å². The van der Waals surface area contributed by atoms with Gasteiger partial charge in [0, 0.05) is 22.0 Å². The molecule has 0 aliphatic heterocycles. The summed E-state index contributed by atoms with van der Waals surface area (Å²) >= 11 is 1.68. The van der Waals surface area contributed by atoms with Gasteiger partial charge in [-0.3, -0.25) is 0 Å². The van der Waals surface area contributed by atoms with Gasteiger partial charge in [-0.05, 0) is 55.5 Å². The summed E-state index contributed by atoms with van der Waals surface area (Å²) in [6, 6.07) is 10.0. The summed E-state index contributed by atoms with van der Waals surface area (Å²) in [5.74, 6) is 0. The normalized spacial score (nSPS) is 13.0. The maximum absolute atomic E-state index is 12.6. The van der Waals surface area contributed by atoms with Crippen molar-refractivity contribution < 1.29 is 9.90 Å². The van der Waals surface area contributed by atoms with Crippen LogP contribution in [0.15, 0.2) is 30.3 Å². The lowest BCUT2D eigenvalue weighted by atomic mass is 10.1. The van der Waals surface area contributed by atoms with Gasteiger partial charge in [0.05, 0.1) is 13.2 Å². The molecule has 122 valence electrons. The van der Waals surface area contributed by atoms with Gasteiger partial charge in [0.1, 0.15) is 0 Å². The van der Waals surface area contributed by atoms with Crippen LogP contribution in [0.4, 0.5) is 10.5 Å². The summed E-state index contributed by atoms with van der Waals surface area (Å²) in [5.41, 5.74) is 3.51. The predicted octanol–water partition coefficient (Wildman–Crippen LogP) is 3.57. The number of amides is 2. The van der Waals surface area contributed by atoms with Crippen LogP contribution in [-0.2, 0) is 19.4 Å². The van der Waals surface area contributed by atoms with Crippen molar-refractivity contribution in [1.29, 1.82) is 0 Å². The average molecular weight is 330 g/mol. The second-order valence-corrected chi connectivity index (χ2v) is 7.26. The molecule has 23 heavy (non-hydrogen) atoms. The fourth-order valence-electron chi connectivity index (χ4n) is 3.06. The lowest BCUT2D eigenvalue weighted by molar-refractivity contribution is 0.186. The van der Waals surface area contributed by atoms with Crippen molar-refractivity contribution in [1.82, 2.24) is 4.90 Å². The van der Waals surface area contributed by atoms with E-state index in [9.17, 15) is 9.90 Å². The number of urea groups is 1. The Morgan fingerprint density at radius 1 is 1.30 bits per heavy atom. The number of hydrogen-bond acceptors (Lipinski definition) is 3. The van der Waals surface area contributed by atoms with Crippen molar-refractivity contribution in [3.63, 3.8) is 0 Å². The molecule has 1 aliphatic rings. The number of carbonyl (C=O) groups is 1. The smallest absolute Gasteiger partial charge is 0.322 e. The number of nitrogens with zero attached hydrogens (tertiary/aromatic N) is 1. The van der Waals surface area contributed by atoms with Crippen LogP contribution in [0.25, 0.3) is 0 Å². The van der Waals surface area contributed by atoms with Crippen molar-refractivity contribution in [2.45, 2.75) is 32.7 Å². The van der Waals surface area contributed by atoms with E-state index in [1.807, 2.05) is 18.2 Å². The van der Waals surface area contributed by atoms with Gasteiger partial charge in [0.15, 0.2) is 0 Å². The number of hydrogen-bond donors (Lipinski definition) is 2. The van der Waals surface area contributed by atoms with Gasteiger partial charge in [-0.25, -0.2) is 4.79 Å². The molecule has 1 heterocycles. The molecular weight excluding hydrogens is 308 g/mol. The molecule has 2 N–H and O–H groups in total. The van der Waals surface area contributed by atoms with Gasteiger partial charge in [0.2, 0.25) is 0 Å². The van der Waals surface area contributed by atoms with Gasteiger partial charge in [0.25, 0.3) is 0 Å². The van der Waals surface area contributed by atoms with E-state index in [0.29, 0.717) is 13.1 Å². The second kappa shape index (κ2) is 7.15. The quantitative estimate of drug-likeness (QED) is 0.880. The number of aliphatic hydroxyl groups excluding tert-OH is 1. The maximum atomic E-state index is 12.6. The first-order valence-corrected chi connectivity index (χ1v) is 8.82. The molecule has 0 spiro atoms. The molecule has 0 radical (unpaired) electrons. The standard InChI is InChI=1S/C18H22N2O2S/c1-13-8-9-15(23-13)12-20(10-11-21)18(22)19-17-7-3-5-14-4-2-6-16(14)17/h3,5,7-9,21H,2,4,6,10-12H2,1H3,(H,19,22). The van der Waals surface area contributed by atoms with E-state index in [4.69, 9.17) is 0 Å². The van der Waals surface area contributed by atoms with Crippen molar-refractivity contribution in [3.05, 3.63) is 51.2 Å². The zero-order chi connectivity index (χ0) is 16.2. The summed E-state index contributed by atoms with van der Waals surface area (Å²) in [7, 11) is 0. The van der Waals surface area contributed by atoms with Crippen molar-refractivity contribution in [2.75, 3.05) is 18.5 Å². The molecule has 2 aromatic rings. The van der Waals surface area contributed by atoms with E-state index in [2.05, 4.69) is 24.4 Å². The maximum Gasteiger partial charge on any atom is 0.322 e. The SMILES string of the molecule is Cc1ccc(CN(CCO)C(=O)Nc2cccc3c2CCC3)s1. The number of nitrogens with one attached hydrogen (secondary N) is 1. The molecule has 0 atom stereocenters. The molecule has 0 fully saturated rings. The number of thiophene rings is 1. The summed E-state index contributed by atoms with van der Waals surface area (Å²) in [4.78, 5) is 16.6. The molecule has 1 aromatic carbocycles. The topological polar surface area (TPSA) is 52.6 Å². The number of benzene rings is 1. The van der Waals surface area contributed by atoms with Crippen LogP contribution in [0.5, 0.6) is 0 Å². The van der Waals surface area contributed by atoms with E-state index < -0.39 is 0 Å². The summed E-state index contributed by atoms with van der Waals surface area (Å²) in [6.45, 7) is 2.88. The van der Waals surface area contributed by atoms with Gasteiger partial charge < -0.3 is 15.3 Å². The molecule has 5 heteroatoms. The molecule has 0 bridgehead atoms. The minimum absolute atomic E-state index is 0.0370. The summed E-state index contributed by atoms with van der Waals surface area (Å²) in [6.07, 6.45) is 3.26. The Kier molecular flexibility index (Phi) is 4.98. The van der Waals surface area contributed by atoms with Gasteiger partial charge in [-0.2, -0.15) is 0 Å². The highest BCUT2D eigenvalue weighted by Gasteiger charge is 2.19. The molecule has 3 rings (SSSR count). The lowest BCUT2D eigenvalue weighted by Gasteiger charge is -2.22. The third kappa shape index (κ3) is 3.74. The fraction of sp³-hybridized carbons (Fsp3) is 0.389. The summed E-state index contributed by atoms with van der Waals surface area (Å²) < 4.78 is 0. The lowest BCUT2D eigenvalue weighted by Crippen LogP contribution is -2.36. The monoisotopic (exact) mass is 330 g/mol. The van der Waals surface area contributed by atoms with Crippen LogP contribution in [0.2, 0.25) is 0 Å². The Balaban J connectivity index is 1.72. The number of aliphatic hydroxyl groups is 1. The van der Waals surface area contributed by atoms with Crippen molar-refractivity contribution in [2.24, 2.45) is 0 Å². The third-order valence-corrected chi connectivity index (χ3v) is 5.17. The summed E-state index contributed by atoms with van der Waals surface area (Å²) in [5, 5.41) is 12.3. The first kappa shape index (κ1) is 16.0. The average Bonchev–Trinajstić information content (AvgIpc) is 3.16. The molecule has 0 saturated carbocycles. The van der Waals surface area contributed by atoms with E-state index in [1.165, 1.54) is 16.0 Å². The van der Waals surface area contributed by atoms with Crippen LogP contribution in [0, 0.1) is 6.92 Å². The number of anilines is 1. The minimum atomic E-state index is -0.148. The zero-order valence-electron chi connectivity index (χ0n) is 13.3. The Morgan fingerprint density at radius 2 is 2.17 bits per heavy atom. The molecule has 0 unspecified atom stereocenters. The second-order valence-electron chi connectivity index (χ2n) is 5.88. The Hall–Kier alpha value is -1.85. The molecule has 0 saturated heterocycles. The van der Waals surface area contributed by atoms with E-state index in [0.717, 1.165) is 29.8 Å². The van der Waals surface area contributed by atoms with Crippen LogP contribution in [0.3, 0.4) is 0 Å². The molecule has 1 aliphatic carbocycles. The Bertz CT molecular complexity index is 696. The zero-order valence-corrected chi connectivity index (χ0v) is 14.2. The molecule has 1 aromatic heterocycles. The number of fused-ring (bicyclic) bond motifs is 1.